The fourth-order valence-corrected chi connectivity index (χ4v) is 3.62. The van der Waals surface area contributed by atoms with Crippen molar-refractivity contribution in [1.82, 2.24) is 14.9 Å². The lowest BCUT2D eigenvalue weighted by Gasteiger charge is -2.36. The van der Waals surface area contributed by atoms with Crippen molar-refractivity contribution >= 4 is 15.9 Å². The van der Waals surface area contributed by atoms with Crippen molar-refractivity contribution in [3.63, 3.8) is 0 Å². The first-order chi connectivity index (χ1) is 10.8. The Morgan fingerprint density at radius 2 is 1.78 bits per heavy atom. The lowest BCUT2D eigenvalue weighted by atomic mass is 10.1. The molecule has 0 aromatic heterocycles. The largest absolute Gasteiger partial charge is 0.340 e. The van der Waals surface area contributed by atoms with E-state index < -0.39 is 10.0 Å². The van der Waals surface area contributed by atoms with Gasteiger partial charge in [-0.25, -0.2) is 13.1 Å². The zero-order valence-corrected chi connectivity index (χ0v) is 14.7. The standard InChI is InChI=1S/C16H25N3O3S/c1-12-10-19(11-13(2)18-12)16(20)9-6-14-4-7-15(8-5-14)23(21,22)17-3/h4-5,7-8,12-13,17-18H,6,9-11H2,1-3H3/t12-,13-/m1/s1. The molecule has 1 heterocycles. The molecule has 7 heteroatoms. The molecule has 1 aliphatic heterocycles. The Hall–Kier alpha value is -1.44. The van der Waals surface area contributed by atoms with Gasteiger partial charge in [0.2, 0.25) is 15.9 Å². The third-order valence-electron chi connectivity index (χ3n) is 4.04. The van der Waals surface area contributed by atoms with Crippen molar-refractivity contribution in [2.24, 2.45) is 0 Å². The van der Waals surface area contributed by atoms with E-state index in [1.807, 2.05) is 4.90 Å². The van der Waals surface area contributed by atoms with Gasteiger partial charge in [-0.2, -0.15) is 0 Å². The monoisotopic (exact) mass is 339 g/mol. The van der Waals surface area contributed by atoms with E-state index >= 15 is 0 Å². The molecule has 2 rings (SSSR count). The molecule has 1 aromatic carbocycles. The third kappa shape index (κ3) is 4.76. The Morgan fingerprint density at radius 3 is 2.30 bits per heavy atom. The highest BCUT2D eigenvalue weighted by Crippen LogP contribution is 2.13. The predicted molar refractivity (Wildman–Crippen MR) is 89.6 cm³/mol. The summed E-state index contributed by atoms with van der Waals surface area (Å²) >= 11 is 0. The summed E-state index contributed by atoms with van der Waals surface area (Å²) in [7, 11) is -2.02. The van der Waals surface area contributed by atoms with Crippen LogP contribution >= 0.6 is 0 Å². The van der Waals surface area contributed by atoms with Crippen molar-refractivity contribution in [1.29, 1.82) is 0 Å². The summed E-state index contributed by atoms with van der Waals surface area (Å²) in [6, 6.07) is 7.30. The molecule has 128 valence electrons. The summed E-state index contributed by atoms with van der Waals surface area (Å²) < 4.78 is 25.6. The third-order valence-corrected chi connectivity index (χ3v) is 5.47. The smallest absolute Gasteiger partial charge is 0.240 e. The molecule has 1 fully saturated rings. The Balaban J connectivity index is 1.92. The SMILES string of the molecule is CNS(=O)(=O)c1ccc(CCC(=O)N2C[C@@H](C)N[C@H](C)C2)cc1. The van der Waals surface area contributed by atoms with Crippen LogP contribution in [0, 0.1) is 0 Å². The van der Waals surface area contributed by atoms with Crippen LogP contribution < -0.4 is 10.0 Å². The first-order valence-electron chi connectivity index (χ1n) is 7.88. The van der Waals surface area contributed by atoms with Crippen molar-refractivity contribution in [2.75, 3.05) is 20.1 Å². The minimum Gasteiger partial charge on any atom is -0.340 e. The van der Waals surface area contributed by atoms with Crippen LogP contribution in [0.1, 0.15) is 25.8 Å². The minimum atomic E-state index is -3.41. The van der Waals surface area contributed by atoms with Gasteiger partial charge in [-0.1, -0.05) is 12.1 Å². The highest BCUT2D eigenvalue weighted by molar-refractivity contribution is 7.89. The zero-order valence-electron chi connectivity index (χ0n) is 13.9. The van der Waals surface area contributed by atoms with Gasteiger partial charge in [0.05, 0.1) is 4.90 Å². The van der Waals surface area contributed by atoms with Gasteiger partial charge < -0.3 is 10.2 Å². The van der Waals surface area contributed by atoms with Crippen LogP contribution in [0.4, 0.5) is 0 Å². The van der Waals surface area contributed by atoms with Crippen LogP contribution in [0.15, 0.2) is 29.2 Å². The fraction of sp³-hybridized carbons (Fsp3) is 0.562. The van der Waals surface area contributed by atoms with E-state index in [0.717, 1.165) is 18.7 Å². The van der Waals surface area contributed by atoms with Gasteiger partial charge in [0.25, 0.3) is 0 Å². The normalized spacial score (nSPS) is 22.1. The summed E-state index contributed by atoms with van der Waals surface area (Å²) in [4.78, 5) is 14.5. The molecule has 1 amide bonds. The molecule has 1 aliphatic rings. The molecule has 2 atom stereocenters. The van der Waals surface area contributed by atoms with Crippen LogP contribution in [-0.2, 0) is 21.2 Å². The first-order valence-corrected chi connectivity index (χ1v) is 9.36. The number of carbonyl (C=O) groups is 1. The summed E-state index contributed by atoms with van der Waals surface area (Å²) in [5.74, 6) is 0.150. The van der Waals surface area contributed by atoms with E-state index in [0.29, 0.717) is 24.9 Å². The van der Waals surface area contributed by atoms with Gasteiger partial charge in [-0.15, -0.1) is 0 Å². The fourth-order valence-electron chi connectivity index (χ4n) is 2.89. The van der Waals surface area contributed by atoms with E-state index in [9.17, 15) is 13.2 Å². The molecule has 0 aliphatic carbocycles. The summed E-state index contributed by atoms with van der Waals surface area (Å²) in [6.45, 7) is 5.64. The Labute approximate surface area is 138 Å². The number of hydrogen-bond acceptors (Lipinski definition) is 4. The molecule has 0 saturated carbocycles. The van der Waals surface area contributed by atoms with Crippen LogP contribution in [0.2, 0.25) is 0 Å². The van der Waals surface area contributed by atoms with Crippen molar-refractivity contribution < 1.29 is 13.2 Å². The van der Waals surface area contributed by atoms with Crippen molar-refractivity contribution in [2.45, 2.75) is 43.7 Å². The number of benzene rings is 1. The van der Waals surface area contributed by atoms with E-state index in [4.69, 9.17) is 0 Å². The quantitative estimate of drug-likeness (QED) is 0.829. The molecule has 0 bridgehead atoms. The molecule has 23 heavy (non-hydrogen) atoms. The maximum Gasteiger partial charge on any atom is 0.240 e. The van der Waals surface area contributed by atoms with Crippen LogP contribution in [0.3, 0.4) is 0 Å². The Bertz CT molecular complexity index is 633. The highest BCUT2D eigenvalue weighted by Gasteiger charge is 2.24. The second-order valence-corrected chi connectivity index (χ2v) is 8.01. The average Bonchev–Trinajstić information content (AvgIpc) is 2.52. The number of sulfonamides is 1. The Kier molecular flexibility index (Phi) is 5.78. The first kappa shape index (κ1) is 17.9. The zero-order chi connectivity index (χ0) is 17.0. The van der Waals surface area contributed by atoms with Gasteiger partial charge in [0.15, 0.2) is 0 Å². The van der Waals surface area contributed by atoms with Gasteiger partial charge in [-0.05, 0) is 45.0 Å². The number of nitrogens with zero attached hydrogens (tertiary/aromatic N) is 1. The molecule has 0 spiro atoms. The lowest BCUT2D eigenvalue weighted by Crippen LogP contribution is -2.55. The van der Waals surface area contributed by atoms with E-state index in [1.54, 1.807) is 24.3 Å². The number of rotatable bonds is 5. The molecule has 0 unspecified atom stereocenters. The second kappa shape index (κ2) is 7.42. The lowest BCUT2D eigenvalue weighted by molar-refractivity contribution is -0.132. The van der Waals surface area contributed by atoms with E-state index in [1.165, 1.54) is 7.05 Å². The van der Waals surface area contributed by atoms with Crippen molar-refractivity contribution in [3.05, 3.63) is 29.8 Å². The average molecular weight is 339 g/mol. The van der Waals surface area contributed by atoms with Crippen LogP contribution in [-0.4, -0.2) is 51.4 Å². The summed E-state index contributed by atoms with van der Waals surface area (Å²) in [5.41, 5.74) is 0.963. The van der Waals surface area contributed by atoms with Crippen LogP contribution in [0.5, 0.6) is 0 Å². The second-order valence-electron chi connectivity index (χ2n) is 6.12. The van der Waals surface area contributed by atoms with Crippen LogP contribution in [0.25, 0.3) is 0 Å². The van der Waals surface area contributed by atoms with Gasteiger partial charge in [0.1, 0.15) is 0 Å². The number of nitrogens with one attached hydrogen (secondary N) is 2. The molecular weight excluding hydrogens is 314 g/mol. The molecule has 6 nitrogen and oxygen atoms in total. The van der Waals surface area contributed by atoms with Gasteiger partial charge in [0, 0.05) is 31.6 Å². The summed E-state index contributed by atoms with van der Waals surface area (Å²) in [5, 5.41) is 3.41. The number of amides is 1. The number of carbonyl (C=O) groups excluding carboxylic acids is 1. The molecule has 2 N–H and O–H groups in total. The number of piperazine rings is 1. The maximum atomic E-state index is 12.3. The summed E-state index contributed by atoms with van der Waals surface area (Å²) in [6.07, 6.45) is 1.06. The Morgan fingerprint density at radius 1 is 1.22 bits per heavy atom. The molecule has 0 radical (unpaired) electrons. The predicted octanol–water partition coefficient (Wildman–Crippen LogP) is 0.736. The number of hydrogen-bond donors (Lipinski definition) is 2. The molecular formula is C16H25N3O3S. The van der Waals surface area contributed by atoms with Gasteiger partial charge >= 0.3 is 0 Å². The van der Waals surface area contributed by atoms with E-state index in [-0.39, 0.29) is 10.8 Å². The number of aryl methyl sites for hydroxylation is 1. The maximum absolute atomic E-state index is 12.3. The van der Waals surface area contributed by atoms with Crippen molar-refractivity contribution in [3.8, 4) is 0 Å². The topological polar surface area (TPSA) is 78.5 Å². The highest BCUT2D eigenvalue weighted by atomic mass is 32.2. The minimum absolute atomic E-state index is 0.150. The molecule has 1 saturated heterocycles. The van der Waals surface area contributed by atoms with E-state index in [2.05, 4.69) is 23.9 Å². The molecule has 1 aromatic rings. The van der Waals surface area contributed by atoms with Gasteiger partial charge in [-0.3, -0.25) is 4.79 Å².